The third-order valence-corrected chi connectivity index (χ3v) is 4.39. The summed E-state index contributed by atoms with van der Waals surface area (Å²) in [5.41, 5.74) is 1.97. The first-order valence-electron chi connectivity index (χ1n) is 8.79. The van der Waals surface area contributed by atoms with E-state index in [0.29, 0.717) is 29.2 Å². The molecule has 1 heterocycles. The molecule has 0 saturated heterocycles. The van der Waals surface area contributed by atoms with Gasteiger partial charge >= 0.3 is 0 Å². The molecule has 1 N–H and O–H groups in total. The Kier molecular flexibility index (Phi) is 6.22. The van der Waals surface area contributed by atoms with Crippen LogP contribution in [0.4, 0.5) is 10.1 Å². The van der Waals surface area contributed by atoms with Gasteiger partial charge in [-0.25, -0.2) is 4.39 Å². The van der Waals surface area contributed by atoms with Crippen molar-refractivity contribution in [1.29, 1.82) is 0 Å². The van der Waals surface area contributed by atoms with Crippen LogP contribution in [0.15, 0.2) is 66.9 Å². The SMILES string of the molecule is COc1ccc(OC)c(NC(=O)C(Cc2ccccn2)c2ccc(F)cc2)c1. The van der Waals surface area contributed by atoms with Crippen LogP contribution in [0.25, 0.3) is 0 Å². The lowest BCUT2D eigenvalue weighted by Crippen LogP contribution is -2.23. The lowest BCUT2D eigenvalue weighted by Gasteiger charge is -2.19. The van der Waals surface area contributed by atoms with Gasteiger partial charge in [-0.05, 0) is 42.0 Å². The van der Waals surface area contributed by atoms with Gasteiger partial charge in [0.1, 0.15) is 17.3 Å². The number of hydrogen-bond acceptors (Lipinski definition) is 4. The Hall–Kier alpha value is -3.41. The molecule has 2 aromatic carbocycles. The monoisotopic (exact) mass is 380 g/mol. The largest absolute Gasteiger partial charge is 0.497 e. The van der Waals surface area contributed by atoms with Crippen LogP contribution in [-0.2, 0) is 11.2 Å². The van der Waals surface area contributed by atoms with Gasteiger partial charge in [-0.1, -0.05) is 18.2 Å². The van der Waals surface area contributed by atoms with Crippen molar-refractivity contribution in [2.45, 2.75) is 12.3 Å². The molecule has 1 unspecified atom stereocenters. The molecule has 0 aliphatic heterocycles. The first-order chi connectivity index (χ1) is 13.6. The van der Waals surface area contributed by atoms with Crippen molar-refractivity contribution in [1.82, 2.24) is 4.98 Å². The molecule has 1 amide bonds. The lowest BCUT2D eigenvalue weighted by atomic mass is 9.93. The second-order valence-electron chi connectivity index (χ2n) is 6.18. The van der Waals surface area contributed by atoms with E-state index in [-0.39, 0.29) is 11.7 Å². The number of methoxy groups -OCH3 is 2. The Balaban J connectivity index is 1.91. The molecular formula is C22H21FN2O3. The highest BCUT2D eigenvalue weighted by molar-refractivity contribution is 5.97. The van der Waals surface area contributed by atoms with Crippen molar-refractivity contribution in [3.8, 4) is 11.5 Å². The zero-order valence-corrected chi connectivity index (χ0v) is 15.7. The van der Waals surface area contributed by atoms with Crippen molar-refractivity contribution in [2.75, 3.05) is 19.5 Å². The molecule has 0 fully saturated rings. The number of anilines is 1. The van der Waals surface area contributed by atoms with Gasteiger partial charge in [-0.2, -0.15) is 0 Å². The molecule has 28 heavy (non-hydrogen) atoms. The average Bonchev–Trinajstić information content (AvgIpc) is 2.73. The fourth-order valence-electron chi connectivity index (χ4n) is 2.92. The highest BCUT2D eigenvalue weighted by atomic mass is 19.1. The summed E-state index contributed by atoms with van der Waals surface area (Å²) in [5.74, 6) is -0.0329. The summed E-state index contributed by atoms with van der Waals surface area (Å²) in [7, 11) is 3.08. The van der Waals surface area contributed by atoms with Crippen LogP contribution in [0.3, 0.4) is 0 Å². The topological polar surface area (TPSA) is 60.5 Å². The second-order valence-corrected chi connectivity index (χ2v) is 6.18. The predicted octanol–water partition coefficient (Wildman–Crippen LogP) is 4.20. The maximum Gasteiger partial charge on any atom is 0.232 e. The maximum absolute atomic E-state index is 13.4. The van der Waals surface area contributed by atoms with E-state index in [9.17, 15) is 9.18 Å². The molecule has 1 aromatic heterocycles. The van der Waals surface area contributed by atoms with Gasteiger partial charge in [0.15, 0.2) is 0 Å². The Bertz CT molecular complexity index is 930. The van der Waals surface area contributed by atoms with Crippen LogP contribution >= 0.6 is 0 Å². The number of pyridine rings is 1. The number of amides is 1. The molecule has 0 bridgehead atoms. The smallest absolute Gasteiger partial charge is 0.232 e. The molecule has 1 atom stereocenters. The van der Waals surface area contributed by atoms with E-state index in [4.69, 9.17) is 9.47 Å². The van der Waals surface area contributed by atoms with Gasteiger partial charge in [-0.3, -0.25) is 9.78 Å². The van der Waals surface area contributed by atoms with E-state index in [1.807, 2.05) is 18.2 Å². The van der Waals surface area contributed by atoms with Crippen LogP contribution < -0.4 is 14.8 Å². The number of hydrogen-bond donors (Lipinski definition) is 1. The van der Waals surface area contributed by atoms with Gasteiger partial charge < -0.3 is 14.8 Å². The van der Waals surface area contributed by atoms with E-state index >= 15 is 0 Å². The van der Waals surface area contributed by atoms with Crippen molar-refractivity contribution in [3.05, 3.63) is 83.9 Å². The zero-order chi connectivity index (χ0) is 19.9. The molecule has 3 rings (SSSR count). The second kappa shape index (κ2) is 8.99. The lowest BCUT2D eigenvalue weighted by molar-refractivity contribution is -0.117. The summed E-state index contributed by atoms with van der Waals surface area (Å²) >= 11 is 0. The van der Waals surface area contributed by atoms with Gasteiger partial charge in [0.25, 0.3) is 0 Å². The quantitative estimate of drug-likeness (QED) is 0.667. The maximum atomic E-state index is 13.4. The number of nitrogens with one attached hydrogen (secondary N) is 1. The Morgan fingerprint density at radius 2 is 1.86 bits per heavy atom. The number of ether oxygens (including phenoxy) is 2. The Morgan fingerprint density at radius 3 is 2.50 bits per heavy atom. The Labute approximate surface area is 163 Å². The van der Waals surface area contributed by atoms with Crippen LogP contribution in [0.1, 0.15) is 17.2 Å². The van der Waals surface area contributed by atoms with Crippen molar-refractivity contribution in [2.24, 2.45) is 0 Å². The molecule has 5 nitrogen and oxygen atoms in total. The molecule has 0 radical (unpaired) electrons. The zero-order valence-electron chi connectivity index (χ0n) is 15.7. The van der Waals surface area contributed by atoms with E-state index in [0.717, 1.165) is 5.69 Å². The average molecular weight is 380 g/mol. The first-order valence-corrected chi connectivity index (χ1v) is 8.79. The van der Waals surface area contributed by atoms with Crippen molar-refractivity contribution < 1.29 is 18.7 Å². The molecule has 3 aromatic rings. The number of carbonyl (C=O) groups is 1. The van der Waals surface area contributed by atoms with Crippen molar-refractivity contribution >= 4 is 11.6 Å². The number of carbonyl (C=O) groups excluding carboxylic acids is 1. The summed E-state index contributed by atoms with van der Waals surface area (Å²) in [6.45, 7) is 0. The Morgan fingerprint density at radius 1 is 1.07 bits per heavy atom. The molecule has 0 aliphatic rings. The molecular weight excluding hydrogens is 359 g/mol. The summed E-state index contributed by atoms with van der Waals surface area (Å²) in [6, 6.07) is 16.6. The van der Waals surface area contributed by atoms with Gasteiger partial charge in [0.05, 0.1) is 25.8 Å². The normalized spacial score (nSPS) is 11.5. The summed E-state index contributed by atoms with van der Waals surface area (Å²) < 4.78 is 23.9. The van der Waals surface area contributed by atoms with Crippen LogP contribution in [0.5, 0.6) is 11.5 Å². The highest BCUT2D eigenvalue weighted by Gasteiger charge is 2.23. The molecule has 6 heteroatoms. The minimum absolute atomic E-state index is 0.246. The molecule has 0 saturated carbocycles. The fourth-order valence-corrected chi connectivity index (χ4v) is 2.92. The highest BCUT2D eigenvalue weighted by Crippen LogP contribution is 2.31. The van der Waals surface area contributed by atoms with Crippen LogP contribution in [-0.4, -0.2) is 25.1 Å². The summed E-state index contributed by atoms with van der Waals surface area (Å²) in [4.78, 5) is 17.5. The molecule has 0 aliphatic carbocycles. The van der Waals surface area contributed by atoms with Crippen molar-refractivity contribution in [3.63, 3.8) is 0 Å². The molecule has 0 spiro atoms. The van der Waals surface area contributed by atoms with Crippen LogP contribution in [0, 0.1) is 5.82 Å². The van der Waals surface area contributed by atoms with E-state index in [1.165, 1.54) is 19.2 Å². The third-order valence-electron chi connectivity index (χ3n) is 4.39. The number of aromatic nitrogens is 1. The number of rotatable bonds is 7. The first kappa shape index (κ1) is 19.4. The summed E-state index contributed by atoms with van der Waals surface area (Å²) in [5, 5.41) is 2.90. The van der Waals surface area contributed by atoms with Gasteiger partial charge in [0.2, 0.25) is 5.91 Å². The predicted molar refractivity (Wildman–Crippen MR) is 105 cm³/mol. The fraction of sp³-hybridized carbons (Fsp3) is 0.182. The number of halogens is 1. The van der Waals surface area contributed by atoms with E-state index in [2.05, 4.69) is 10.3 Å². The minimum atomic E-state index is -0.550. The summed E-state index contributed by atoms with van der Waals surface area (Å²) in [6.07, 6.45) is 2.06. The molecule has 144 valence electrons. The van der Waals surface area contributed by atoms with Gasteiger partial charge in [0, 0.05) is 24.4 Å². The standard InChI is InChI=1S/C22H21FN2O3/c1-27-18-10-11-21(28-2)20(14-18)25-22(26)19(13-17-5-3-4-12-24-17)15-6-8-16(23)9-7-15/h3-12,14,19H,13H2,1-2H3,(H,25,26). The number of benzene rings is 2. The van der Waals surface area contributed by atoms with E-state index < -0.39 is 5.92 Å². The number of nitrogens with zero attached hydrogens (tertiary/aromatic N) is 1. The van der Waals surface area contributed by atoms with Crippen LogP contribution in [0.2, 0.25) is 0 Å². The minimum Gasteiger partial charge on any atom is -0.497 e. The third kappa shape index (κ3) is 4.65. The van der Waals surface area contributed by atoms with E-state index in [1.54, 1.807) is 43.6 Å². The van der Waals surface area contributed by atoms with Gasteiger partial charge in [-0.15, -0.1) is 0 Å².